The zero-order chi connectivity index (χ0) is 20.6. The molecule has 1 N–H and O–H groups in total. The van der Waals surface area contributed by atoms with Gasteiger partial charge < -0.3 is 19.5 Å². The first-order chi connectivity index (χ1) is 14.1. The zero-order valence-electron chi connectivity index (χ0n) is 16.4. The maximum atomic E-state index is 13.9. The summed E-state index contributed by atoms with van der Waals surface area (Å²) in [4.78, 5) is 0. The number of ether oxygens (including phenoxy) is 3. The number of methoxy groups -OCH3 is 1. The SMILES string of the molecule is CCOc1cc(CNc2ccc(OC)cc2)c(Br)cc1OCc1ccccc1F. The predicted octanol–water partition coefficient (Wildman–Crippen LogP) is 6.19. The van der Waals surface area contributed by atoms with Crippen LogP contribution in [0.5, 0.6) is 17.2 Å². The lowest BCUT2D eigenvalue weighted by Crippen LogP contribution is -2.04. The highest BCUT2D eigenvalue weighted by Crippen LogP contribution is 2.35. The van der Waals surface area contributed by atoms with Gasteiger partial charge in [0.2, 0.25) is 0 Å². The van der Waals surface area contributed by atoms with E-state index in [1.165, 1.54) is 6.07 Å². The Kier molecular flexibility index (Phi) is 7.36. The van der Waals surface area contributed by atoms with E-state index in [-0.39, 0.29) is 12.4 Å². The van der Waals surface area contributed by atoms with E-state index in [0.717, 1.165) is 21.5 Å². The molecule has 0 aliphatic carbocycles. The molecule has 0 spiro atoms. The molecule has 0 aromatic heterocycles. The molecule has 3 aromatic rings. The number of nitrogens with one attached hydrogen (secondary N) is 1. The van der Waals surface area contributed by atoms with Gasteiger partial charge in [-0.25, -0.2) is 4.39 Å². The molecule has 4 nitrogen and oxygen atoms in total. The smallest absolute Gasteiger partial charge is 0.162 e. The quantitative estimate of drug-likeness (QED) is 0.414. The highest BCUT2D eigenvalue weighted by Gasteiger charge is 2.12. The van der Waals surface area contributed by atoms with Gasteiger partial charge in [-0.15, -0.1) is 0 Å². The van der Waals surface area contributed by atoms with Crippen LogP contribution in [0.15, 0.2) is 65.1 Å². The minimum atomic E-state index is -0.287. The highest BCUT2D eigenvalue weighted by atomic mass is 79.9. The van der Waals surface area contributed by atoms with Gasteiger partial charge in [-0.2, -0.15) is 0 Å². The van der Waals surface area contributed by atoms with E-state index < -0.39 is 0 Å². The van der Waals surface area contributed by atoms with Crippen molar-refractivity contribution in [3.63, 3.8) is 0 Å². The van der Waals surface area contributed by atoms with Crippen LogP contribution in [0, 0.1) is 5.82 Å². The van der Waals surface area contributed by atoms with Crippen LogP contribution in [0.3, 0.4) is 0 Å². The van der Waals surface area contributed by atoms with Gasteiger partial charge in [0.15, 0.2) is 11.5 Å². The van der Waals surface area contributed by atoms with Crippen LogP contribution in [0.2, 0.25) is 0 Å². The Balaban J connectivity index is 1.73. The van der Waals surface area contributed by atoms with Gasteiger partial charge in [0.1, 0.15) is 18.2 Å². The Bertz CT molecular complexity index is 947. The van der Waals surface area contributed by atoms with Gasteiger partial charge in [0.05, 0.1) is 13.7 Å². The van der Waals surface area contributed by atoms with Crippen LogP contribution in [0.4, 0.5) is 10.1 Å². The minimum absolute atomic E-state index is 0.128. The number of hydrogen-bond acceptors (Lipinski definition) is 4. The van der Waals surface area contributed by atoms with Crippen molar-refractivity contribution in [3.8, 4) is 17.2 Å². The maximum absolute atomic E-state index is 13.9. The summed E-state index contributed by atoms with van der Waals surface area (Å²) >= 11 is 3.60. The third-order valence-electron chi connectivity index (χ3n) is 4.33. The third-order valence-corrected chi connectivity index (χ3v) is 5.06. The van der Waals surface area contributed by atoms with Crippen molar-refractivity contribution < 1.29 is 18.6 Å². The summed E-state index contributed by atoms with van der Waals surface area (Å²) in [6.07, 6.45) is 0. The van der Waals surface area contributed by atoms with Gasteiger partial charge in [0.25, 0.3) is 0 Å². The second-order valence-electron chi connectivity index (χ2n) is 6.29. The Labute approximate surface area is 178 Å². The van der Waals surface area contributed by atoms with E-state index in [2.05, 4.69) is 21.2 Å². The largest absolute Gasteiger partial charge is 0.497 e. The number of hydrogen-bond donors (Lipinski definition) is 1. The topological polar surface area (TPSA) is 39.7 Å². The van der Waals surface area contributed by atoms with Crippen LogP contribution in [-0.2, 0) is 13.2 Å². The summed E-state index contributed by atoms with van der Waals surface area (Å²) in [6, 6.07) is 18.1. The Morgan fingerprint density at radius 3 is 2.34 bits per heavy atom. The van der Waals surface area contributed by atoms with E-state index in [4.69, 9.17) is 14.2 Å². The van der Waals surface area contributed by atoms with Crippen molar-refractivity contribution in [2.75, 3.05) is 19.0 Å². The second-order valence-corrected chi connectivity index (χ2v) is 7.14. The van der Waals surface area contributed by atoms with Crippen molar-refractivity contribution in [2.45, 2.75) is 20.1 Å². The summed E-state index contributed by atoms with van der Waals surface area (Å²) in [5, 5.41) is 3.38. The molecule has 0 heterocycles. The molecule has 0 unspecified atom stereocenters. The molecule has 0 fully saturated rings. The maximum Gasteiger partial charge on any atom is 0.162 e. The second kappa shape index (κ2) is 10.2. The molecule has 3 rings (SSSR count). The van der Waals surface area contributed by atoms with E-state index in [9.17, 15) is 4.39 Å². The monoisotopic (exact) mass is 459 g/mol. The van der Waals surface area contributed by atoms with Gasteiger partial charge >= 0.3 is 0 Å². The lowest BCUT2D eigenvalue weighted by atomic mass is 10.2. The first-order valence-corrected chi connectivity index (χ1v) is 10.1. The molecule has 0 saturated heterocycles. The van der Waals surface area contributed by atoms with Crippen LogP contribution in [-0.4, -0.2) is 13.7 Å². The number of rotatable bonds is 9. The van der Waals surface area contributed by atoms with E-state index in [0.29, 0.717) is 30.2 Å². The average molecular weight is 460 g/mol. The fourth-order valence-electron chi connectivity index (χ4n) is 2.77. The van der Waals surface area contributed by atoms with Crippen LogP contribution >= 0.6 is 15.9 Å². The molecule has 0 aliphatic heterocycles. The normalized spacial score (nSPS) is 10.5. The zero-order valence-corrected chi connectivity index (χ0v) is 18.0. The standard InChI is InChI=1S/C23H23BrFNO3/c1-3-28-22-12-17(14-26-18-8-10-19(27-2)11-9-18)20(24)13-23(22)29-15-16-6-4-5-7-21(16)25/h4-13,26H,3,14-15H2,1-2H3. The van der Waals surface area contributed by atoms with Crippen LogP contribution in [0.25, 0.3) is 0 Å². The van der Waals surface area contributed by atoms with Gasteiger partial charge in [0, 0.05) is 22.3 Å². The lowest BCUT2D eigenvalue weighted by molar-refractivity contribution is 0.265. The summed E-state index contributed by atoms with van der Waals surface area (Å²) in [5.74, 6) is 1.71. The van der Waals surface area contributed by atoms with Crippen LogP contribution < -0.4 is 19.5 Å². The molecular formula is C23H23BrFNO3. The van der Waals surface area contributed by atoms with E-state index in [1.807, 2.05) is 43.3 Å². The molecule has 0 amide bonds. The summed E-state index contributed by atoms with van der Waals surface area (Å²) in [6.45, 7) is 3.14. The molecular weight excluding hydrogens is 437 g/mol. The molecule has 0 aliphatic rings. The Morgan fingerprint density at radius 2 is 1.66 bits per heavy atom. The Hall–Kier alpha value is -2.73. The van der Waals surface area contributed by atoms with Gasteiger partial charge in [-0.1, -0.05) is 34.1 Å². The van der Waals surface area contributed by atoms with Crippen molar-refractivity contribution in [1.29, 1.82) is 0 Å². The average Bonchev–Trinajstić information content (AvgIpc) is 2.74. The van der Waals surface area contributed by atoms with E-state index >= 15 is 0 Å². The first-order valence-electron chi connectivity index (χ1n) is 9.30. The molecule has 0 bridgehead atoms. The molecule has 3 aromatic carbocycles. The predicted molar refractivity (Wildman–Crippen MR) is 116 cm³/mol. The van der Waals surface area contributed by atoms with Crippen LogP contribution in [0.1, 0.15) is 18.1 Å². The first kappa shape index (κ1) is 21.0. The highest BCUT2D eigenvalue weighted by molar-refractivity contribution is 9.10. The minimum Gasteiger partial charge on any atom is -0.497 e. The summed E-state index contributed by atoms with van der Waals surface area (Å²) < 4.78 is 31.5. The van der Waals surface area contributed by atoms with Crippen molar-refractivity contribution >= 4 is 21.6 Å². The lowest BCUT2D eigenvalue weighted by Gasteiger charge is -2.16. The Morgan fingerprint density at radius 1 is 0.931 bits per heavy atom. The van der Waals surface area contributed by atoms with Gasteiger partial charge in [-0.3, -0.25) is 0 Å². The van der Waals surface area contributed by atoms with Crippen molar-refractivity contribution in [3.05, 3.63) is 82.1 Å². The number of anilines is 1. The molecule has 152 valence electrons. The summed E-state index contributed by atoms with van der Waals surface area (Å²) in [5.41, 5.74) is 2.49. The van der Waals surface area contributed by atoms with Crippen molar-refractivity contribution in [1.82, 2.24) is 0 Å². The van der Waals surface area contributed by atoms with E-state index in [1.54, 1.807) is 25.3 Å². The third kappa shape index (κ3) is 5.64. The molecule has 0 saturated carbocycles. The summed E-state index contributed by atoms with van der Waals surface area (Å²) in [7, 11) is 1.64. The van der Waals surface area contributed by atoms with Crippen molar-refractivity contribution in [2.24, 2.45) is 0 Å². The molecule has 6 heteroatoms. The molecule has 29 heavy (non-hydrogen) atoms. The van der Waals surface area contributed by atoms with Gasteiger partial charge in [-0.05, 0) is 55.0 Å². The number of halogens is 2. The fourth-order valence-corrected chi connectivity index (χ4v) is 3.23. The molecule has 0 radical (unpaired) electrons. The number of benzene rings is 3. The molecule has 0 atom stereocenters. The fraction of sp³-hybridized carbons (Fsp3) is 0.217.